The number of H-pyrrole nitrogens is 1. The van der Waals surface area contributed by atoms with Crippen molar-refractivity contribution in [2.24, 2.45) is 0 Å². The summed E-state index contributed by atoms with van der Waals surface area (Å²) in [5.41, 5.74) is 3.59. The molecule has 1 fully saturated rings. The standard InChI is InChI=1S/C20H20FN3OS/c21-12-7-8-15-16(10-12)23-19(22-15)17-5-3-9-24(17)20(25)14-11-26-18-6-2-1-4-13(14)18/h7-8,10-11,17H,1-6,9H2,(H,22,23). The van der Waals surface area contributed by atoms with E-state index in [1.165, 1.54) is 35.4 Å². The molecule has 0 saturated carbocycles. The number of imidazole rings is 1. The highest BCUT2D eigenvalue weighted by molar-refractivity contribution is 7.10. The van der Waals surface area contributed by atoms with Crippen LogP contribution in [0.4, 0.5) is 4.39 Å². The fraction of sp³-hybridized carbons (Fsp3) is 0.400. The summed E-state index contributed by atoms with van der Waals surface area (Å²) in [5.74, 6) is 0.607. The van der Waals surface area contributed by atoms with Gasteiger partial charge in [0.25, 0.3) is 5.91 Å². The number of carbonyl (C=O) groups excluding carboxylic acids is 1. The second-order valence-corrected chi connectivity index (χ2v) is 8.16. The molecule has 1 saturated heterocycles. The van der Waals surface area contributed by atoms with Gasteiger partial charge in [0.2, 0.25) is 0 Å². The number of nitrogens with zero attached hydrogens (tertiary/aromatic N) is 2. The van der Waals surface area contributed by atoms with Crippen LogP contribution in [0.3, 0.4) is 0 Å². The van der Waals surface area contributed by atoms with E-state index in [4.69, 9.17) is 0 Å². The minimum atomic E-state index is -0.281. The van der Waals surface area contributed by atoms with Crippen LogP contribution in [0, 0.1) is 5.82 Å². The van der Waals surface area contributed by atoms with Crippen molar-refractivity contribution in [2.45, 2.75) is 44.6 Å². The normalized spacial score (nSPS) is 19.9. The number of likely N-dealkylation sites (tertiary alicyclic amines) is 1. The second-order valence-electron chi connectivity index (χ2n) is 7.20. The summed E-state index contributed by atoms with van der Waals surface area (Å²) in [5, 5.41) is 2.04. The van der Waals surface area contributed by atoms with Gasteiger partial charge in [-0.05, 0) is 62.3 Å². The van der Waals surface area contributed by atoms with Gasteiger partial charge in [-0.25, -0.2) is 9.37 Å². The molecular formula is C20H20FN3OS. The van der Waals surface area contributed by atoms with Crippen LogP contribution in [-0.2, 0) is 12.8 Å². The van der Waals surface area contributed by atoms with Crippen LogP contribution in [-0.4, -0.2) is 27.3 Å². The molecule has 1 N–H and O–H groups in total. The maximum atomic E-state index is 13.5. The second kappa shape index (κ2) is 6.20. The number of halogens is 1. The highest BCUT2D eigenvalue weighted by Crippen LogP contribution is 2.36. The van der Waals surface area contributed by atoms with E-state index in [9.17, 15) is 9.18 Å². The summed E-state index contributed by atoms with van der Waals surface area (Å²) in [6.45, 7) is 0.750. The summed E-state index contributed by atoms with van der Waals surface area (Å²) >= 11 is 1.73. The van der Waals surface area contributed by atoms with E-state index in [1.807, 2.05) is 10.3 Å². The molecule has 1 unspecified atom stereocenters. The summed E-state index contributed by atoms with van der Waals surface area (Å²) in [7, 11) is 0. The molecule has 1 aliphatic heterocycles. The first-order valence-electron chi connectivity index (χ1n) is 9.26. The molecule has 134 valence electrons. The molecule has 2 aliphatic rings. The predicted octanol–water partition coefficient (Wildman–Crippen LogP) is 4.62. The van der Waals surface area contributed by atoms with E-state index in [-0.39, 0.29) is 17.8 Å². The van der Waals surface area contributed by atoms with Gasteiger partial charge in [0, 0.05) is 16.8 Å². The zero-order valence-corrected chi connectivity index (χ0v) is 15.2. The number of thiophene rings is 1. The molecule has 6 heteroatoms. The number of benzene rings is 1. The van der Waals surface area contributed by atoms with Crippen molar-refractivity contribution in [3.05, 3.63) is 51.2 Å². The summed E-state index contributed by atoms with van der Waals surface area (Å²) in [6, 6.07) is 4.50. The van der Waals surface area contributed by atoms with Gasteiger partial charge in [0.1, 0.15) is 11.6 Å². The average molecular weight is 369 g/mol. The van der Waals surface area contributed by atoms with Crippen LogP contribution in [0.1, 0.15) is 58.3 Å². The Balaban J connectivity index is 1.48. The monoisotopic (exact) mass is 369 g/mol. The van der Waals surface area contributed by atoms with E-state index in [2.05, 4.69) is 9.97 Å². The maximum absolute atomic E-state index is 13.5. The molecule has 3 heterocycles. The molecule has 0 spiro atoms. The van der Waals surface area contributed by atoms with Crippen molar-refractivity contribution in [1.82, 2.24) is 14.9 Å². The lowest BCUT2D eigenvalue weighted by Crippen LogP contribution is -2.31. The lowest BCUT2D eigenvalue weighted by atomic mass is 9.95. The Morgan fingerprint density at radius 3 is 3.08 bits per heavy atom. The molecule has 3 aromatic rings. The molecule has 0 bridgehead atoms. The molecular weight excluding hydrogens is 349 g/mol. The number of aromatic nitrogens is 2. The Kier molecular flexibility index (Phi) is 3.81. The first-order valence-corrected chi connectivity index (χ1v) is 10.1. The van der Waals surface area contributed by atoms with Crippen LogP contribution in [0.25, 0.3) is 11.0 Å². The lowest BCUT2D eigenvalue weighted by Gasteiger charge is -2.24. The van der Waals surface area contributed by atoms with Crippen molar-refractivity contribution < 1.29 is 9.18 Å². The fourth-order valence-corrected chi connectivity index (χ4v) is 5.40. The Labute approximate surface area is 155 Å². The Hall–Kier alpha value is -2.21. The van der Waals surface area contributed by atoms with E-state index >= 15 is 0 Å². The Bertz CT molecular complexity index is 992. The van der Waals surface area contributed by atoms with Gasteiger partial charge in [-0.2, -0.15) is 0 Å². The zero-order valence-electron chi connectivity index (χ0n) is 14.4. The minimum Gasteiger partial charge on any atom is -0.340 e. The molecule has 5 rings (SSSR count). The maximum Gasteiger partial charge on any atom is 0.255 e. The topological polar surface area (TPSA) is 49.0 Å². The molecule has 1 amide bonds. The number of nitrogens with one attached hydrogen (secondary N) is 1. The molecule has 26 heavy (non-hydrogen) atoms. The summed E-state index contributed by atoms with van der Waals surface area (Å²) in [6.07, 6.45) is 6.37. The molecule has 0 radical (unpaired) electrons. The quantitative estimate of drug-likeness (QED) is 0.716. The lowest BCUT2D eigenvalue weighted by molar-refractivity contribution is 0.0730. The smallest absolute Gasteiger partial charge is 0.255 e. The molecule has 2 aromatic heterocycles. The molecule has 1 atom stereocenters. The largest absolute Gasteiger partial charge is 0.340 e. The first kappa shape index (κ1) is 16.0. The third kappa shape index (κ3) is 2.55. The van der Waals surface area contributed by atoms with Gasteiger partial charge in [0.15, 0.2) is 0 Å². The van der Waals surface area contributed by atoms with Crippen LogP contribution >= 0.6 is 11.3 Å². The number of carbonyl (C=O) groups is 1. The number of aromatic amines is 1. The van der Waals surface area contributed by atoms with E-state index in [1.54, 1.807) is 17.4 Å². The summed E-state index contributed by atoms with van der Waals surface area (Å²) in [4.78, 5) is 24.4. The SMILES string of the molecule is O=C(c1csc2c1CCCC2)N1CCCC1c1nc2ccc(F)cc2[nH]1. The Morgan fingerprint density at radius 2 is 2.15 bits per heavy atom. The van der Waals surface area contributed by atoms with E-state index in [0.29, 0.717) is 5.52 Å². The number of hydrogen-bond acceptors (Lipinski definition) is 3. The molecule has 1 aromatic carbocycles. The zero-order chi connectivity index (χ0) is 17.7. The van der Waals surface area contributed by atoms with Crippen LogP contribution < -0.4 is 0 Å². The van der Waals surface area contributed by atoms with E-state index < -0.39 is 0 Å². The average Bonchev–Trinajstić information content (AvgIpc) is 3.37. The highest BCUT2D eigenvalue weighted by Gasteiger charge is 2.34. The number of amides is 1. The number of hydrogen-bond donors (Lipinski definition) is 1. The third-order valence-electron chi connectivity index (χ3n) is 5.58. The van der Waals surface area contributed by atoms with Crippen molar-refractivity contribution in [3.63, 3.8) is 0 Å². The number of fused-ring (bicyclic) bond motifs is 2. The van der Waals surface area contributed by atoms with Gasteiger partial charge >= 0.3 is 0 Å². The van der Waals surface area contributed by atoms with Gasteiger partial charge < -0.3 is 9.88 Å². The predicted molar refractivity (Wildman–Crippen MR) is 100 cm³/mol. The van der Waals surface area contributed by atoms with Crippen molar-refractivity contribution >= 4 is 28.3 Å². The molecule has 4 nitrogen and oxygen atoms in total. The highest BCUT2D eigenvalue weighted by atomic mass is 32.1. The van der Waals surface area contributed by atoms with Crippen LogP contribution in [0.2, 0.25) is 0 Å². The van der Waals surface area contributed by atoms with Gasteiger partial charge in [0.05, 0.1) is 22.6 Å². The number of rotatable bonds is 2. The Morgan fingerprint density at radius 1 is 1.27 bits per heavy atom. The van der Waals surface area contributed by atoms with Crippen LogP contribution in [0.15, 0.2) is 23.6 Å². The van der Waals surface area contributed by atoms with Crippen molar-refractivity contribution in [2.75, 3.05) is 6.54 Å². The molecule has 1 aliphatic carbocycles. The summed E-state index contributed by atoms with van der Waals surface area (Å²) < 4.78 is 13.5. The third-order valence-corrected chi connectivity index (χ3v) is 6.67. The minimum absolute atomic E-state index is 0.0582. The van der Waals surface area contributed by atoms with Crippen molar-refractivity contribution in [1.29, 1.82) is 0 Å². The van der Waals surface area contributed by atoms with Gasteiger partial charge in [-0.3, -0.25) is 4.79 Å². The fourth-order valence-electron chi connectivity index (χ4n) is 4.28. The van der Waals surface area contributed by atoms with Crippen LogP contribution in [0.5, 0.6) is 0 Å². The van der Waals surface area contributed by atoms with Gasteiger partial charge in [-0.15, -0.1) is 11.3 Å². The van der Waals surface area contributed by atoms with Gasteiger partial charge in [-0.1, -0.05) is 0 Å². The van der Waals surface area contributed by atoms with Crippen molar-refractivity contribution in [3.8, 4) is 0 Å². The van der Waals surface area contributed by atoms with E-state index in [0.717, 1.165) is 49.1 Å². The first-order chi connectivity index (χ1) is 12.7. The number of aryl methyl sites for hydroxylation is 1.